The molecule has 0 amide bonds. The molecule has 1 unspecified atom stereocenters. The first-order valence-corrected chi connectivity index (χ1v) is 5.00. The third kappa shape index (κ3) is 1.91. The van der Waals surface area contributed by atoms with E-state index in [2.05, 4.69) is 15.9 Å². The summed E-state index contributed by atoms with van der Waals surface area (Å²) < 4.78 is 0.828. The van der Waals surface area contributed by atoms with Crippen LogP contribution in [0.15, 0.2) is 22.7 Å². The van der Waals surface area contributed by atoms with Crippen LogP contribution in [0, 0.1) is 5.21 Å². The third-order valence-electron chi connectivity index (χ3n) is 2.26. The second-order valence-electron chi connectivity index (χ2n) is 3.31. The van der Waals surface area contributed by atoms with Crippen LogP contribution in [0.25, 0.3) is 0 Å². The summed E-state index contributed by atoms with van der Waals surface area (Å²) in [5.41, 5.74) is 1.42. The van der Waals surface area contributed by atoms with Crippen LogP contribution in [0.1, 0.15) is 24.3 Å². The van der Waals surface area contributed by atoms with Crippen molar-refractivity contribution < 1.29 is 10.4 Å². The summed E-state index contributed by atoms with van der Waals surface area (Å²) in [6, 6.07) is 5.49. The average molecular weight is 244 g/mol. The molecule has 0 heterocycles. The van der Waals surface area contributed by atoms with Gasteiger partial charge in [-0.1, -0.05) is 22.0 Å². The van der Waals surface area contributed by atoms with E-state index in [1.54, 1.807) is 6.07 Å². The summed E-state index contributed by atoms with van der Waals surface area (Å²) in [6.45, 7) is 0. The number of nitrogens with one attached hydrogen (secondary N) is 1. The number of quaternary nitrogens is 1. The van der Waals surface area contributed by atoms with Gasteiger partial charge in [0.1, 0.15) is 0 Å². The fourth-order valence-electron chi connectivity index (χ4n) is 1.46. The van der Waals surface area contributed by atoms with Crippen molar-refractivity contribution in [1.29, 1.82) is 0 Å². The van der Waals surface area contributed by atoms with Crippen LogP contribution in [0.3, 0.4) is 0 Å². The Balaban J connectivity index is 2.41. The molecule has 1 aromatic rings. The Morgan fingerprint density at radius 1 is 1.46 bits per heavy atom. The molecule has 0 aromatic heterocycles. The van der Waals surface area contributed by atoms with E-state index in [4.69, 9.17) is 5.21 Å². The van der Waals surface area contributed by atoms with Crippen LogP contribution in [0.2, 0.25) is 0 Å². The molecule has 0 saturated heterocycles. The van der Waals surface area contributed by atoms with Gasteiger partial charge in [-0.2, -0.15) is 5.23 Å². The Bertz CT molecular complexity index is 323. The van der Waals surface area contributed by atoms with Gasteiger partial charge in [0.15, 0.2) is 5.69 Å². The van der Waals surface area contributed by atoms with Gasteiger partial charge >= 0.3 is 0 Å². The third-order valence-corrected chi connectivity index (χ3v) is 2.76. The molecule has 0 aliphatic heterocycles. The smallest absolute Gasteiger partial charge is 0.168 e. The molecule has 0 bridgehead atoms. The topological polar surface area (TPSA) is 47.7 Å². The first-order chi connectivity index (χ1) is 6.18. The van der Waals surface area contributed by atoms with Gasteiger partial charge in [-0.25, -0.2) is 5.21 Å². The lowest BCUT2D eigenvalue weighted by Gasteiger charge is -2.15. The van der Waals surface area contributed by atoms with Gasteiger partial charge < -0.3 is 5.21 Å². The number of benzene rings is 1. The second-order valence-corrected chi connectivity index (χ2v) is 4.23. The summed E-state index contributed by atoms with van der Waals surface area (Å²) in [7, 11) is 0. The molecule has 1 fully saturated rings. The maximum Gasteiger partial charge on any atom is 0.168 e. The predicted octanol–water partition coefficient (Wildman–Crippen LogP) is 1.73. The first kappa shape index (κ1) is 9.15. The highest BCUT2D eigenvalue weighted by atomic mass is 79.9. The first-order valence-electron chi connectivity index (χ1n) is 4.21. The molecule has 2 N–H and O–H groups in total. The van der Waals surface area contributed by atoms with Crippen LogP contribution in [0.5, 0.6) is 0 Å². The lowest BCUT2D eigenvalue weighted by molar-refractivity contribution is -0.991. The normalized spacial score (nSPS) is 18.7. The summed E-state index contributed by atoms with van der Waals surface area (Å²) in [5, 5.41) is 19.0. The zero-order chi connectivity index (χ0) is 9.42. The molecule has 1 aliphatic rings. The highest BCUT2D eigenvalue weighted by Gasteiger charge is 2.28. The molecule has 70 valence electrons. The van der Waals surface area contributed by atoms with Gasteiger partial charge in [-0.3, -0.25) is 0 Å². The Kier molecular flexibility index (Phi) is 2.38. The van der Waals surface area contributed by atoms with Gasteiger partial charge in [-0.05, 0) is 24.8 Å². The number of hydrogen-bond acceptors (Lipinski definition) is 2. The van der Waals surface area contributed by atoms with E-state index < -0.39 is 5.23 Å². The van der Waals surface area contributed by atoms with E-state index in [1.807, 2.05) is 12.1 Å². The Morgan fingerprint density at radius 3 is 2.69 bits per heavy atom. The van der Waals surface area contributed by atoms with Gasteiger partial charge in [0.25, 0.3) is 0 Å². The van der Waals surface area contributed by atoms with Crippen molar-refractivity contribution in [2.24, 2.45) is 0 Å². The highest BCUT2D eigenvalue weighted by Crippen LogP contribution is 2.42. The predicted molar refractivity (Wildman–Crippen MR) is 51.9 cm³/mol. The van der Waals surface area contributed by atoms with Crippen molar-refractivity contribution in [2.45, 2.75) is 18.8 Å². The molecule has 13 heavy (non-hydrogen) atoms. The van der Waals surface area contributed by atoms with E-state index in [0.717, 1.165) is 22.9 Å². The van der Waals surface area contributed by atoms with E-state index >= 15 is 0 Å². The SMILES string of the molecule is [O-][NH+](O)c1cc(Br)ccc1C1CC1. The summed E-state index contributed by atoms with van der Waals surface area (Å²) in [6.07, 6.45) is 2.25. The quantitative estimate of drug-likeness (QED) is 0.778. The monoisotopic (exact) mass is 243 g/mol. The minimum atomic E-state index is -0.830. The van der Waals surface area contributed by atoms with E-state index in [9.17, 15) is 5.21 Å². The van der Waals surface area contributed by atoms with Crippen LogP contribution >= 0.6 is 15.9 Å². The molecule has 0 radical (unpaired) electrons. The number of hydrogen-bond donors (Lipinski definition) is 2. The van der Waals surface area contributed by atoms with Crippen molar-refractivity contribution in [2.75, 3.05) is 0 Å². The lowest BCUT2D eigenvalue weighted by atomic mass is 10.1. The van der Waals surface area contributed by atoms with E-state index in [1.165, 1.54) is 0 Å². The van der Waals surface area contributed by atoms with Crippen molar-refractivity contribution in [3.8, 4) is 0 Å². The van der Waals surface area contributed by atoms with Gasteiger partial charge in [0.2, 0.25) is 0 Å². The molecule has 3 nitrogen and oxygen atoms in total. The van der Waals surface area contributed by atoms with E-state index in [0.29, 0.717) is 11.6 Å². The molecule has 1 aliphatic carbocycles. The Labute approximate surface area is 84.6 Å². The zero-order valence-corrected chi connectivity index (χ0v) is 8.54. The van der Waals surface area contributed by atoms with E-state index in [-0.39, 0.29) is 0 Å². The summed E-state index contributed by atoms with van der Waals surface area (Å²) >= 11 is 3.27. The largest absolute Gasteiger partial charge is 0.595 e. The molecule has 1 atom stereocenters. The fraction of sp³-hybridized carbons (Fsp3) is 0.333. The number of rotatable bonds is 2. The van der Waals surface area contributed by atoms with Crippen molar-refractivity contribution in [1.82, 2.24) is 0 Å². The maximum atomic E-state index is 10.9. The Morgan fingerprint density at radius 2 is 2.15 bits per heavy atom. The van der Waals surface area contributed by atoms with Gasteiger partial charge in [-0.15, -0.1) is 0 Å². The average Bonchev–Trinajstić information content (AvgIpc) is 2.87. The van der Waals surface area contributed by atoms with Crippen molar-refractivity contribution in [3.63, 3.8) is 0 Å². The molecule has 4 heteroatoms. The van der Waals surface area contributed by atoms with Crippen LogP contribution in [-0.2, 0) is 0 Å². The highest BCUT2D eigenvalue weighted by molar-refractivity contribution is 9.10. The van der Waals surface area contributed by atoms with Gasteiger partial charge in [0.05, 0.1) is 0 Å². The standard InChI is InChI=1S/C9H10BrNO2/c10-7-3-4-8(6-1-2-6)9(5-7)11(12)13/h3-6,11-12H,1-2H2. The summed E-state index contributed by atoms with van der Waals surface area (Å²) in [5.74, 6) is 0.485. The zero-order valence-electron chi connectivity index (χ0n) is 6.96. The van der Waals surface area contributed by atoms with Crippen LogP contribution in [-0.4, -0.2) is 5.21 Å². The lowest BCUT2D eigenvalue weighted by Crippen LogP contribution is -2.99. The molecular formula is C9H10BrNO2. The van der Waals surface area contributed by atoms with Crippen molar-refractivity contribution in [3.05, 3.63) is 33.4 Å². The molecule has 1 saturated carbocycles. The second kappa shape index (κ2) is 3.38. The molecule has 2 rings (SSSR count). The fourth-order valence-corrected chi connectivity index (χ4v) is 1.83. The Hall–Kier alpha value is -0.420. The minimum absolute atomic E-state index is 0.442. The van der Waals surface area contributed by atoms with Crippen LogP contribution in [0.4, 0.5) is 5.69 Å². The minimum Gasteiger partial charge on any atom is -0.595 e. The maximum absolute atomic E-state index is 10.9. The van der Waals surface area contributed by atoms with Crippen molar-refractivity contribution >= 4 is 21.6 Å². The molecule has 0 spiro atoms. The number of halogens is 1. The van der Waals surface area contributed by atoms with Gasteiger partial charge in [0, 0.05) is 16.1 Å². The molecule has 1 aromatic carbocycles. The molecular weight excluding hydrogens is 234 g/mol. The van der Waals surface area contributed by atoms with Crippen LogP contribution < -0.4 is 5.23 Å². The summed E-state index contributed by atoms with van der Waals surface area (Å²) in [4.78, 5) is 0.